The number of carbonyl (C=O) groups excluding carboxylic acids is 1. The molecule has 0 unspecified atom stereocenters. The Balaban J connectivity index is 1.72. The number of anilines is 1. The maximum absolute atomic E-state index is 12.2. The molecule has 0 saturated carbocycles. The van der Waals surface area contributed by atoms with Gasteiger partial charge >= 0.3 is 0 Å². The molecule has 0 aliphatic rings. The van der Waals surface area contributed by atoms with Crippen LogP contribution < -0.4 is 10.1 Å². The molecule has 0 spiro atoms. The molecule has 1 amide bonds. The van der Waals surface area contributed by atoms with E-state index in [4.69, 9.17) is 16.3 Å². The van der Waals surface area contributed by atoms with E-state index in [0.717, 1.165) is 11.3 Å². The van der Waals surface area contributed by atoms with Gasteiger partial charge in [-0.05, 0) is 37.3 Å². The summed E-state index contributed by atoms with van der Waals surface area (Å²) in [6, 6.07) is 14.7. The van der Waals surface area contributed by atoms with Crippen molar-refractivity contribution in [2.24, 2.45) is 0 Å². The van der Waals surface area contributed by atoms with Gasteiger partial charge in [0.25, 0.3) is 0 Å². The molecule has 1 heterocycles. The van der Waals surface area contributed by atoms with Crippen LogP contribution >= 0.6 is 23.4 Å². The molecule has 0 aliphatic carbocycles. The number of nitrogens with zero attached hydrogens (tertiary/aromatic N) is 3. The van der Waals surface area contributed by atoms with Gasteiger partial charge in [-0.2, -0.15) is 0 Å². The second kappa shape index (κ2) is 8.92. The molecule has 1 N–H and O–H groups in total. The molecule has 0 atom stereocenters. The Bertz CT molecular complexity index is 945. The minimum Gasteiger partial charge on any atom is -0.496 e. The third-order valence-electron chi connectivity index (χ3n) is 3.82. The van der Waals surface area contributed by atoms with Crippen LogP contribution in [0.25, 0.3) is 11.4 Å². The van der Waals surface area contributed by atoms with E-state index in [1.807, 2.05) is 35.8 Å². The average molecular weight is 403 g/mol. The van der Waals surface area contributed by atoms with Crippen molar-refractivity contribution >= 4 is 35.0 Å². The highest BCUT2D eigenvalue weighted by Gasteiger charge is 2.17. The van der Waals surface area contributed by atoms with Crippen LogP contribution in [0.5, 0.6) is 5.75 Å². The first-order valence-electron chi connectivity index (χ1n) is 8.37. The standard InChI is InChI=1S/C19H19ClN4O2S/c1-3-24-18(15-9-4-5-10-16(15)26-2)22-23-19(24)27-12-17(25)21-14-8-6-7-13(20)11-14/h4-11H,3,12H2,1-2H3,(H,21,25). The second-order valence-corrected chi connectivity index (χ2v) is 6.98. The fraction of sp³-hybridized carbons (Fsp3) is 0.211. The Morgan fingerprint density at radius 1 is 1.22 bits per heavy atom. The first kappa shape index (κ1) is 19.3. The lowest BCUT2D eigenvalue weighted by Crippen LogP contribution is -2.14. The molecule has 6 nitrogen and oxygen atoms in total. The first-order chi connectivity index (χ1) is 13.1. The van der Waals surface area contributed by atoms with Crippen LogP contribution in [0, 0.1) is 0 Å². The van der Waals surface area contributed by atoms with Crippen LogP contribution in [-0.4, -0.2) is 33.5 Å². The number of ether oxygens (including phenoxy) is 1. The minimum absolute atomic E-state index is 0.133. The van der Waals surface area contributed by atoms with Crippen molar-refractivity contribution in [3.8, 4) is 17.1 Å². The van der Waals surface area contributed by atoms with E-state index in [9.17, 15) is 4.79 Å². The molecule has 3 aromatic rings. The molecule has 3 rings (SSSR count). The SMILES string of the molecule is CCn1c(SCC(=O)Nc2cccc(Cl)c2)nnc1-c1ccccc1OC. The molecule has 8 heteroatoms. The van der Waals surface area contributed by atoms with E-state index in [1.54, 1.807) is 31.4 Å². The maximum Gasteiger partial charge on any atom is 0.234 e. The third kappa shape index (κ3) is 4.61. The number of halogens is 1. The predicted molar refractivity (Wildman–Crippen MR) is 108 cm³/mol. The van der Waals surface area contributed by atoms with Gasteiger partial charge < -0.3 is 14.6 Å². The van der Waals surface area contributed by atoms with E-state index >= 15 is 0 Å². The summed E-state index contributed by atoms with van der Waals surface area (Å²) in [4.78, 5) is 12.2. The molecule has 0 aliphatic heterocycles. The number of hydrogen-bond acceptors (Lipinski definition) is 5. The highest BCUT2D eigenvalue weighted by molar-refractivity contribution is 7.99. The van der Waals surface area contributed by atoms with E-state index in [0.29, 0.717) is 28.2 Å². The molecule has 0 fully saturated rings. The van der Waals surface area contributed by atoms with E-state index < -0.39 is 0 Å². The van der Waals surface area contributed by atoms with Crippen LogP contribution in [0.3, 0.4) is 0 Å². The van der Waals surface area contributed by atoms with Crippen LogP contribution in [0.2, 0.25) is 5.02 Å². The average Bonchev–Trinajstić information content (AvgIpc) is 3.09. The maximum atomic E-state index is 12.2. The van der Waals surface area contributed by atoms with Gasteiger partial charge in [-0.15, -0.1) is 10.2 Å². The third-order valence-corrected chi connectivity index (χ3v) is 5.02. The zero-order valence-electron chi connectivity index (χ0n) is 15.0. The Hall–Kier alpha value is -2.51. The molecule has 2 aromatic carbocycles. The number of amides is 1. The number of methoxy groups -OCH3 is 1. The highest BCUT2D eigenvalue weighted by Crippen LogP contribution is 2.30. The van der Waals surface area contributed by atoms with Crippen LogP contribution in [0.15, 0.2) is 53.7 Å². The van der Waals surface area contributed by atoms with E-state index in [1.165, 1.54) is 11.8 Å². The second-order valence-electron chi connectivity index (χ2n) is 5.60. The number of para-hydroxylation sites is 1. The van der Waals surface area contributed by atoms with Crippen molar-refractivity contribution in [3.05, 3.63) is 53.6 Å². The van der Waals surface area contributed by atoms with E-state index in [-0.39, 0.29) is 11.7 Å². The largest absolute Gasteiger partial charge is 0.496 e. The fourth-order valence-electron chi connectivity index (χ4n) is 2.60. The lowest BCUT2D eigenvalue weighted by atomic mass is 10.2. The van der Waals surface area contributed by atoms with Gasteiger partial charge in [0.15, 0.2) is 11.0 Å². The molecule has 0 saturated heterocycles. The normalized spacial score (nSPS) is 10.6. The summed E-state index contributed by atoms with van der Waals surface area (Å²) in [6.07, 6.45) is 0. The highest BCUT2D eigenvalue weighted by atomic mass is 35.5. The molecule has 0 radical (unpaired) electrons. The Morgan fingerprint density at radius 3 is 2.78 bits per heavy atom. The minimum atomic E-state index is -0.133. The van der Waals surface area contributed by atoms with Crippen molar-refractivity contribution in [1.29, 1.82) is 0 Å². The van der Waals surface area contributed by atoms with Crippen LogP contribution in [0.1, 0.15) is 6.92 Å². The van der Waals surface area contributed by atoms with Gasteiger partial charge in [0.05, 0.1) is 18.4 Å². The van der Waals surface area contributed by atoms with Gasteiger partial charge in [0, 0.05) is 17.3 Å². The molecular formula is C19H19ClN4O2S. The summed E-state index contributed by atoms with van der Waals surface area (Å²) in [6.45, 7) is 2.69. The summed E-state index contributed by atoms with van der Waals surface area (Å²) >= 11 is 7.27. The molecule has 140 valence electrons. The molecule has 0 bridgehead atoms. The smallest absolute Gasteiger partial charge is 0.234 e. The van der Waals surface area contributed by atoms with Crippen molar-refractivity contribution in [2.45, 2.75) is 18.6 Å². The quantitative estimate of drug-likeness (QED) is 0.594. The number of hydrogen-bond donors (Lipinski definition) is 1. The van der Waals surface area contributed by atoms with Crippen molar-refractivity contribution in [1.82, 2.24) is 14.8 Å². The van der Waals surface area contributed by atoms with Crippen molar-refractivity contribution in [3.63, 3.8) is 0 Å². The summed E-state index contributed by atoms with van der Waals surface area (Å²) in [5, 5.41) is 12.6. The summed E-state index contributed by atoms with van der Waals surface area (Å²) in [5.41, 5.74) is 1.53. The lowest BCUT2D eigenvalue weighted by Gasteiger charge is -2.10. The molecule has 1 aromatic heterocycles. The summed E-state index contributed by atoms with van der Waals surface area (Å²) < 4.78 is 7.39. The van der Waals surface area contributed by atoms with Gasteiger partial charge in [-0.1, -0.05) is 41.6 Å². The first-order valence-corrected chi connectivity index (χ1v) is 9.73. The van der Waals surface area contributed by atoms with Gasteiger partial charge in [-0.25, -0.2) is 0 Å². The zero-order valence-corrected chi connectivity index (χ0v) is 16.5. The zero-order chi connectivity index (χ0) is 19.2. The van der Waals surface area contributed by atoms with Crippen LogP contribution in [0.4, 0.5) is 5.69 Å². The summed E-state index contributed by atoms with van der Waals surface area (Å²) in [7, 11) is 1.63. The van der Waals surface area contributed by atoms with Gasteiger partial charge in [0.1, 0.15) is 5.75 Å². The lowest BCUT2D eigenvalue weighted by molar-refractivity contribution is -0.113. The molecule has 27 heavy (non-hydrogen) atoms. The number of aromatic nitrogens is 3. The Labute approximate surface area is 166 Å². The van der Waals surface area contributed by atoms with E-state index in [2.05, 4.69) is 15.5 Å². The topological polar surface area (TPSA) is 69.0 Å². The number of benzene rings is 2. The van der Waals surface area contributed by atoms with Crippen molar-refractivity contribution in [2.75, 3.05) is 18.2 Å². The number of carbonyl (C=O) groups is 1. The monoisotopic (exact) mass is 402 g/mol. The van der Waals surface area contributed by atoms with Gasteiger partial charge in [0.2, 0.25) is 5.91 Å². The Kier molecular flexibility index (Phi) is 6.36. The molecular weight excluding hydrogens is 384 g/mol. The number of rotatable bonds is 7. The number of thioether (sulfide) groups is 1. The Morgan fingerprint density at radius 2 is 2.04 bits per heavy atom. The van der Waals surface area contributed by atoms with Crippen LogP contribution in [-0.2, 0) is 11.3 Å². The summed E-state index contributed by atoms with van der Waals surface area (Å²) in [5.74, 6) is 1.53. The number of nitrogens with one attached hydrogen (secondary N) is 1. The van der Waals surface area contributed by atoms with Crippen molar-refractivity contribution < 1.29 is 9.53 Å². The predicted octanol–water partition coefficient (Wildman–Crippen LogP) is 4.36. The fourth-order valence-corrected chi connectivity index (χ4v) is 3.60. The van der Waals surface area contributed by atoms with Gasteiger partial charge in [-0.3, -0.25) is 4.79 Å².